The molecule has 18 heavy (non-hydrogen) atoms. The Hall–Kier alpha value is -1.68. The lowest BCUT2D eigenvalue weighted by molar-refractivity contribution is -0.384. The Balaban J connectivity index is 1.97. The molecular weight excluding hydrogens is 294 g/mol. The smallest absolute Gasteiger partial charge is 0.258 e. The summed E-state index contributed by atoms with van der Waals surface area (Å²) in [4.78, 5) is 10.1. The first-order valence-electron chi connectivity index (χ1n) is 5.47. The van der Waals surface area contributed by atoms with E-state index in [1.807, 2.05) is 30.7 Å². The van der Waals surface area contributed by atoms with Crippen molar-refractivity contribution in [1.82, 2.24) is 0 Å². The zero-order valence-corrected chi connectivity index (χ0v) is 11.1. The van der Waals surface area contributed by atoms with Gasteiger partial charge >= 0.3 is 0 Å². The van der Waals surface area contributed by atoms with Crippen LogP contribution in [0.5, 0.6) is 0 Å². The van der Waals surface area contributed by atoms with Crippen molar-refractivity contribution in [2.24, 2.45) is 0 Å². The number of non-ortho nitro benzene ring substituents is 1. The highest BCUT2D eigenvalue weighted by Gasteiger charge is 2.04. The number of nitrogens with zero attached hydrogens (tertiary/aromatic N) is 1. The van der Waals surface area contributed by atoms with Gasteiger partial charge in [-0.3, -0.25) is 10.1 Å². The Morgan fingerprint density at radius 2 is 1.67 bits per heavy atom. The molecule has 0 aliphatic heterocycles. The van der Waals surface area contributed by atoms with E-state index in [-0.39, 0.29) is 5.69 Å². The van der Waals surface area contributed by atoms with Crippen LogP contribution in [0.4, 0.5) is 5.69 Å². The molecule has 0 amide bonds. The quantitative estimate of drug-likeness (QED) is 0.629. The van der Waals surface area contributed by atoms with Crippen LogP contribution in [0.3, 0.4) is 0 Å². The average molecular weight is 305 g/mol. The molecule has 3 nitrogen and oxygen atoms in total. The van der Waals surface area contributed by atoms with E-state index in [4.69, 9.17) is 0 Å². The molecular formula is C14H11BrNO2. The summed E-state index contributed by atoms with van der Waals surface area (Å²) in [5, 5.41) is 10.5. The monoisotopic (exact) mass is 304 g/mol. The molecule has 0 atom stereocenters. The number of halogens is 1. The fraction of sp³-hybridized carbons (Fsp3) is 0.0714. The number of nitro groups is 1. The second-order valence-corrected chi connectivity index (χ2v) is 4.80. The summed E-state index contributed by atoms with van der Waals surface area (Å²) in [5.41, 5.74) is 2.32. The molecule has 0 saturated carbocycles. The first-order valence-corrected chi connectivity index (χ1v) is 6.26. The van der Waals surface area contributed by atoms with Crippen molar-refractivity contribution in [3.8, 4) is 0 Å². The third kappa shape index (κ3) is 3.40. The largest absolute Gasteiger partial charge is 0.269 e. The summed E-state index contributed by atoms with van der Waals surface area (Å²) >= 11 is 3.39. The predicted molar refractivity (Wildman–Crippen MR) is 74.3 cm³/mol. The van der Waals surface area contributed by atoms with Crippen LogP contribution in [0, 0.1) is 16.5 Å². The lowest BCUT2D eigenvalue weighted by Crippen LogP contribution is -1.90. The third-order valence-electron chi connectivity index (χ3n) is 2.59. The van der Waals surface area contributed by atoms with Crippen LogP contribution in [0.25, 0.3) is 0 Å². The summed E-state index contributed by atoms with van der Waals surface area (Å²) < 4.78 is 1.06. The van der Waals surface area contributed by atoms with Gasteiger partial charge in [-0.1, -0.05) is 40.2 Å². The van der Waals surface area contributed by atoms with Crippen LogP contribution in [0.2, 0.25) is 0 Å². The van der Waals surface area contributed by atoms with Crippen LogP contribution >= 0.6 is 15.9 Å². The van der Waals surface area contributed by atoms with Gasteiger partial charge < -0.3 is 0 Å². The van der Waals surface area contributed by atoms with Crippen LogP contribution in [0.15, 0.2) is 53.0 Å². The van der Waals surface area contributed by atoms with E-state index in [2.05, 4.69) is 15.9 Å². The Labute approximate surface area is 114 Å². The van der Waals surface area contributed by atoms with Crippen LogP contribution in [-0.4, -0.2) is 4.92 Å². The molecule has 0 unspecified atom stereocenters. The normalized spacial score (nSPS) is 10.3. The maximum absolute atomic E-state index is 10.5. The second kappa shape index (κ2) is 5.78. The first kappa shape index (κ1) is 12.8. The van der Waals surface area contributed by atoms with Gasteiger partial charge in [-0.15, -0.1) is 0 Å². The highest BCUT2D eigenvalue weighted by Crippen LogP contribution is 2.16. The second-order valence-electron chi connectivity index (χ2n) is 3.88. The van der Waals surface area contributed by atoms with E-state index in [1.54, 1.807) is 12.1 Å². The first-order chi connectivity index (χ1) is 8.65. The van der Waals surface area contributed by atoms with E-state index in [0.29, 0.717) is 0 Å². The van der Waals surface area contributed by atoms with Gasteiger partial charge in [0.15, 0.2) is 0 Å². The van der Waals surface area contributed by atoms with Crippen molar-refractivity contribution in [2.45, 2.75) is 6.42 Å². The van der Waals surface area contributed by atoms with Crippen molar-refractivity contribution < 1.29 is 4.92 Å². The Morgan fingerprint density at radius 3 is 2.22 bits per heavy atom. The number of hydrogen-bond donors (Lipinski definition) is 0. The highest BCUT2D eigenvalue weighted by molar-refractivity contribution is 9.10. The van der Waals surface area contributed by atoms with Gasteiger partial charge in [-0.05, 0) is 36.1 Å². The molecule has 91 valence electrons. The van der Waals surface area contributed by atoms with Crippen molar-refractivity contribution in [3.63, 3.8) is 0 Å². The fourth-order valence-corrected chi connectivity index (χ4v) is 1.85. The van der Waals surface area contributed by atoms with Gasteiger partial charge in [-0.2, -0.15) is 0 Å². The van der Waals surface area contributed by atoms with Crippen LogP contribution in [-0.2, 0) is 6.42 Å². The molecule has 4 heteroatoms. The van der Waals surface area contributed by atoms with Gasteiger partial charge in [0.25, 0.3) is 5.69 Å². The van der Waals surface area contributed by atoms with Crippen LogP contribution < -0.4 is 0 Å². The van der Waals surface area contributed by atoms with Gasteiger partial charge in [-0.25, -0.2) is 0 Å². The van der Waals surface area contributed by atoms with E-state index in [0.717, 1.165) is 16.5 Å². The van der Waals surface area contributed by atoms with Crippen molar-refractivity contribution in [2.75, 3.05) is 0 Å². The summed E-state index contributed by atoms with van der Waals surface area (Å²) in [6.45, 7) is 0. The molecule has 1 radical (unpaired) electrons. The van der Waals surface area contributed by atoms with E-state index >= 15 is 0 Å². The molecule has 0 fully saturated rings. The summed E-state index contributed by atoms with van der Waals surface area (Å²) in [6.07, 6.45) is 2.86. The topological polar surface area (TPSA) is 43.1 Å². The van der Waals surface area contributed by atoms with Crippen molar-refractivity contribution in [1.29, 1.82) is 0 Å². The maximum atomic E-state index is 10.5. The van der Waals surface area contributed by atoms with E-state index in [1.165, 1.54) is 17.7 Å². The zero-order valence-electron chi connectivity index (χ0n) is 9.54. The van der Waals surface area contributed by atoms with Gasteiger partial charge in [0.1, 0.15) is 0 Å². The molecule has 0 spiro atoms. The summed E-state index contributed by atoms with van der Waals surface area (Å²) in [6, 6.07) is 14.7. The number of nitro benzene ring substituents is 1. The SMILES string of the molecule is O=[N+]([O-])c1ccc([CH]Cc2ccc(Br)cc2)cc1. The number of rotatable bonds is 4. The summed E-state index contributed by atoms with van der Waals surface area (Å²) in [7, 11) is 0. The minimum atomic E-state index is -0.390. The molecule has 0 aromatic heterocycles. The molecule has 0 N–H and O–H groups in total. The number of benzene rings is 2. The Kier molecular flexibility index (Phi) is 4.10. The fourth-order valence-electron chi connectivity index (χ4n) is 1.59. The van der Waals surface area contributed by atoms with Crippen LogP contribution in [0.1, 0.15) is 11.1 Å². The minimum Gasteiger partial charge on any atom is -0.258 e. The Bertz CT molecular complexity index is 535. The lowest BCUT2D eigenvalue weighted by Gasteiger charge is -2.02. The molecule has 0 aliphatic rings. The van der Waals surface area contributed by atoms with E-state index < -0.39 is 4.92 Å². The molecule has 0 heterocycles. The summed E-state index contributed by atoms with van der Waals surface area (Å²) in [5.74, 6) is 0. The van der Waals surface area contributed by atoms with Crippen molar-refractivity contribution in [3.05, 3.63) is 80.7 Å². The highest BCUT2D eigenvalue weighted by atomic mass is 79.9. The average Bonchev–Trinajstić information content (AvgIpc) is 2.38. The molecule has 2 aromatic carbocycles. The maximum Gasteiger partial charge on any atom is 0.269 e. The zero-order chi connectivity index (χ0) is 13.0. The Morgan fingerprint density at radius 1 is 1.06 bits per heavy atom. The van der Waals surface area contributed by atoms with Crippen molar-refractivity contribution >= 4 is 21.6 Å². The minimum absolute atomic E-state index is 0.121. The third-order valence-corrected chi connectivity index (χ3v) is 3.12. The van der Waals surface area contributed by atoms with Gasteiger partial charge in [0.2, 0.25) is 0 Å². The molecule has 0 bridgehead atoms. The van der Waals surface area contributed by atoms with Gasteiger partial charge in [0.05, 0.1) is 4.92 Å². The molecule has 0 aliphatic carbocycles. The molecule has 2 rings (SSSR count). The van der Waals surface area contributed by atoms with E-state index in [9.17, 15) is 10.1 Å². The standard InChI is InChI=1S/C14H11BrNO2/c15-13-7-3-11(4-8-13)1-2-12-5-9-14(10-6-12)16(17)18/h2-10H,1H2. The molecule has 2 aromatic rings. The number of hydrogen-bond acceptors (Lipinski definition) is 2. The predicted octanol–water partition coefficient (Wildman–Crippen LogP) is 4.15. The van der Waals surface area contributed by atoms with Gasteiger partial charge in [0, 0.05) is 16.6 Å². The lowest BCUT2D eigenvalue weighted by atomic mass is 10.0. The molecule has 0 saturated heterocycles.